The van der Waals surface area contributed by atoms with E-state index in [2.05, 4.69) is 20.8 Å². The molecular formula is C21H22O3S. The van der Waals surface area contributed by atoms with Crippen molar-refractivity contribution in [3.63, 3.8) is 0 Å². The Hall–Kier alpha value is -2.07. The quantitative estimate of drug-likeness (QED) is 0.623. The number of aryl methyl sites for hydroxylation is 1. The predicted molar refractivity (Wildman–Crippen MR) is 101 cm³/mol. The van der Waals surface area contributed by atoms with Crippen LogP contribution in [0.5, 0.6) is 11.5 Å². The fourth-order valence-electron chi connectivity index (χ4n) is 4.38. The summed E-state index contributed by atoms with van der Waals surface area (Å²) in [5.41, 5.74) is 3.96. The Morgan fingerprint density at radius 2 is 2.16 bits per heavy atom. The van der Waals surface area contributed by atoms with Crippen LogP contribution in [0.1, 0.15) is 51.0 Å². The van der Waals surface area contributed by atoms with Gasteiger partial charge in [0.25, 0.3) is 0 Å². The van der Waals surface area contributed by atoms with E-state index < -0.39 is 0 Å². The van der Waals surface area contributed by atoms with Crippen LogP contribution < -0.4 is 4.74 Å². The maximum absolute atomic E-state index is 12.7. The molecule has 0 radical (unpaired) electrons. The number of hydrogen-bond acceptors (Lipinski definition) is 4. The minimum absolute atomic E-state index is 0.0699. The van der Waals surface area contributed by atoms with Crippen molar-refractivity contribution in [1.29, 1.82) is 0 Å². The second-order valence-electron chi connectivity index (χ2n) is 7.62. The zero-order valence-corrected chi connectivity index (χ0v) is 15.7. The van der Waals surface area contributed by atoms with Crippen LogP contribution in [0.2, 0.25) is 0 Å². The molecule has 0 bridgehead atoms. The fraction of sp³-hybridized carbons (Fsp3) is 0.381. The van der Waals surface area contributed by atoms with Gasteiger partial charge in [0.15, 0.2) is 17.3 Å². The van der Waals surface area contributed by atoms with Gasteiger partial charge in [-0.1, -0.05) is 26.0 Å². The number of allylic oxidation sites excluding steroid dienone is 1. The third-order valence-corrected chi connectivity index (χ3v) is 7.05. The van der Waals surface area contributed by atoms with Gasteiger partial charge in [-0.25, -0.2) is 0 Å². The summed E-state index contributed by atoms with van der Waals surface area (Å²) in [6.45, 7) is 6.82. The van der Waals surface area contributed by atoms with Gasteiger partial charge in [-0.2, -0.15) is 0 Å². The SMILES string of the molecule is COc1cc(C=CC(=O)c2sc(C)c3c2C[C@@H]2[C@H]3C2(C)C)ccc1O. The Bertz CT molecular complexity index is 904. The van der Waals surface area contributed by atoms with E-state index in [9.17, 15) is 9.90 Å². The summed E-state index contributed by atoms with van der Waals surface area (Å²) < 4.78 is 5.11. The Morgan fingerprint density at radius 1 is 1.40 bits per heavy atom. The number of thiophene rings is 1. The molecule has 3 nitrogen and oxygen atoms in total. The standard InChI is InChI=1S/C21H22O3S/c1-11-18-13(10-14-19(18)21(14,2)3)20(25-11)16(23)8-6-12-5-7-15(22)17(9-12)24-4/h5-9,14,19,22H,10H2,1-4H3/t14-,19-/m1/s1. The van der Waals surface area contributed by atoms with Crippen molar-refractivity contribution in [2.75, 3.05) is 7.11 Å². The number of ether oxygens (including phenoxy) is 1. The van der Waals surface area contributed by atoms with Crippen LogP contribution in [0.3, 0.4) is 0 Å². The summed E-state index contributed by atoms with van der Waals surface area (Å²) >= 11 is 1.64. The number of phenols is 1. The summed E-state index contributed by atoms with van der Waals surface area (Å²) in [7, 11) is 1.51. The number of methoxy groups -OCH3 is 1. The summed E-state index contributed by atoms with van der Waals surface area (Å²) in [5.74, 6) is 1.93. The minimum Gasteiger partial charge on any atom is -0.504 e. The highest BCUT2D eigenvalue weighted by atomic mass is 32.1. The molecule has 0 amide bonds. The normalized spacial score (nSPS) is 22.7. The first-order valence-corrected chi connectivity index (χ1v) is 9.37. The minimum atomic E-state index is 0.0699. The molecule has 1 N–H and O–H groups in total. The molecule has 1 saturated carbocycles. The van der Waals surface area contributed by atoms with Crippen molar-refractivity contribution < 1.29 is 14.6 Å². The molecular weight excluding hydrogens is 332 g/mol. The third kappa shape index (κ3) is 2.43. The lowest BCUT2D eigenvalue weighted by molar-refractivity contribution is 0.105. The van der Waals surface area contributed by atoms with Crippen molar-refractivity contribution in [2.24, 2.45) is 11.3 Å². The molecule has 130 valence electrons. The van der Waals surface area contributed by atoms with Gasteiger partial charge >= 0.3 is 0 Å². The van der Waals surface area contributed by atoms with Crippen molar-refractivity contribution in [3.8, 4) is 11.5 Å². The number of aromatic hydroxyl groups is 1. The van der Waals surface area contributed by atoms with E-state index in [1.165, 1.54) is 23.1 Å². The van der Waals surface area contributed by atoms with Gasteiger partial charge in [0.1, 0.15) is 0 Å². The number of carbonyl (C=O) groups excluding carboxylic acids is 1. The molecule has 0 saturated heterocycles. The highest BCUT2D eigenvalue weighted by molar-refractivity contribution is 7.14. The topological polar surface area (TPSA) is 46.5 Å². The smallest absolute Gasteiger partial charge is 0.196 e. The molecule has 0 unspecified atom stereocenters. The first-order valence-electron chi connectivity index (χ1n) is 8.56. The van der Waals surface area contributed by atoms with Crippen LogP contribution in [0.4, 0.5) is 0 Å². The van der Waals surface area contributed by atoms with Gasteiger partial charge in [-0.15, -0.1) is 11.3 Å². The summed E-state index contributed by atoms with van der Waals surface area (Å²) in [6.07, 6.45) is 4.46. The van der Waals surface area contributed by atoms with Crippen molar-refractivity contribution in [2.45, 2.75) is 33.1 Å². The Balaban J connectivity index is 1.59. The van der Waals surface area contributed by atoms with Crippen LogP contribution in [-0.2, 0) is 6.42 Å². The van der Waals surface area contributed by atoms with Crippen LogP contribution in [-0.4, -0.2) is 18.0 Å². The maximum atomic E-state index is 12.7. The molecule has 0 aliphatic heterocycles. The largest absolute Gasteiger partial charge is 0.504 e. The van der Waals surface area contributed by atoms with E-state index in [0.29, 0.717) is 23.0 Å². The molecule has 2 aliphatic carbocycles. The lowest BCUT2D eigenvalue weighted by Crippen LogP contribution is -2.02. The van der Waals surface area contributed by atoms with Gasteiger partial charge in [-0.05, 0) is 65.5 Å². The molecule has 25 heavy (non-hydrogen) atoms. The fourth-order valence-corrected chi connectivity index (χ4v) is 5.53. The van der Waals surface area contributed by atoms with Crippen LogP contribution in [0.25, 0.3) is 6.08 Å². The van der Waals surface area contributed by atoms with Crippen LogP contribution >= 0.6 is 11.3 Å². The lowest BCUT2D eigenvalue weighted by Gasteiger charge is -2.09. The average Bonchev–Trinajstić information content (AvgIpc) is 2.93. The van der Waals surface area contributed by atoms with Gasteiger partial charge in [0.05, 0.1) is 12.0 Å². The number of benzene rings is 1. The molecule has 4 rings (SSSR count). The molecule has 0 spiro atoms. The molecule has 1 fully saturated rings. The number of hydrogen-bond donors (Lipinski definition) is 1. The Labute approximate surface area is 152 Å². The molecule has 4 heteroatoms. The molecule has 2 atom stereocenters. The van der Waals surface area contributed by atoms with E-state index in [1.807, 2.05) is 0 Å². The molecule has 1 aromatic heterocycles. The van der Waals surface area contributed by atoms with Crippen LogP contribution in [0, 0.1) is 18.3 Å². The van der Waals surface area contributed by atoms with Gasteiger partial charge in [0, 0.05) is 4.88 Å². The number of fused-ring (bicyclic) bond motifs is 3. The van der Waals surface area contributed by atoms with E-state index in [-0.39, 0.29) is 11.5 Å². The van der Waals surface area contributed by atoms with E-state index >= 15 is 0 Å². The maximum Gasteiger partial charge on any atom is 0.196 e. The molecule has 2 aromatic rings. The van der Waals surface area contributed by atoms with E-state index in [4.69, 9.17) is 4.74 Å². The van der Waals surface area contributed by atoms with Crippen LogP contribution in [0.15, 0.2) is 24.3 Å². The second-order valence-corrected chi connectivity index (χ2v) is 8.84. The summed E-state index contributed by atoms with van der Waals surface area (Å²) in [4.78, 5) is 14.9. The first-order chi connectivity index (χ1) is 11.8. The number of phenolic OH excluding ortho intramolecular Hbond substituents is 1. The lowest BCUT2D eigenvalue weighted by atomic mass is 9.94. The zero-order chi connectivity index (χ0) is 17.9. The molecule has 2 aliphatic rings. The number of ketones is 1. The Morgan fingerprint density at radius 3 is 2.88 bits per heavy atom. The van der Waals surface area contributed by atoms with E-state index in [1.54, 1.807) is 41.7 Å². The van der Waals surface area contributed by atoms with Crippen molar-refractivity contribution >= 4 is 23.2 Å². The van der Waals surface area contributed by atoms with Crippen molar-refractivity contribution in [3.05, 3.63) is 50.7 Å². The first kappa shape index (κ1) is 16.4. The molecule has 1 aromatic carbocycles. The summed E-state index contributed by atoms with van der Waals surface area (Å²) in [5, 5.41) is 9.66. The third-order valence-electron chi connectivity index (χ3n) is 5.87. The van der Waals surface area contributed by atoms with Crippen molar-refractivity contribution in [1.82, 2.24) is 0 Å². The monoisotopic (exact) mass is 354 g/mol. The highest BCUT2D eigenvalue weighted by Crippen LogP contribution is 2.71. The van der Waals surface area contributed by atoms with Gasteiger partial charge in [-0.3, -0.25) is 4.79 Å². The Kier molecular flexibility index (Phi) is 3.58. The summed E-state index contributed by atoms with van der Waals surface area (Å²) in [6, 6.07) is 5.07. The zero-order valence-electron chi connectivity index (χ0n) is 14.9. The molecule has 1 heterocycles. The highest BCUT2D eigenvalue weighted by Gasteiger charge is 2.63. The average molecular weight is 354 g/mol. The second kappa shape index (κ2) is 5.46. The van der Waals surface area contributed by atoms with Gasteiger partial charge < -0.3 is 9.84 Å². The number of rotatable bonds is 4. The van der Waals surface area contributed by atoms with Gasteiger partial charge in [0.2, 0.25) is 0 Å². The predicted octanol–water partition coefficient (Wildman–Crippen LogP) is 4.96. The number of carbonyl (C=O) groups is 1. The van der Waals surface area contributed by atoms with E-state index in [0.717, 1.165) is 16.9 Å².